The maximum atomic E-state index is 9.11. The number of aliphatic hydroxyl groups excluding tert-OH is 1. The zero-order valence-electron chi connectivity index (χ0n) is 8.91. The van der Waals surface area contributed by atoms with Crippen LogP contribution in [-0.4, -0.2) is 48.3 Å². The Hall–Kier alpha value is -0.160. The predicted molar refractivity (Wildman–Crippen MR) is 58.0 cm³/mol. The summed E-state index contributed by atoms with van der Waals surface area (Å²) >= 11 is 0. The molecular weight excluding hydrogens is 178 g/mol. The van der Waals surface area contributed by atoms with Gasteiger partial charge in [0.2, 0.25) is 0 Å². The second-order valence-corrected chi connectivity index (χ2v) is 4.12. The molecule has 4 nitrogen and oxygen atoms in total. The van der Waals surface area contributed by atoms with Gasteiger partial charge in [0.1, 0.15) is 0 Å². The van der Waals surface area contributed by atoms with Gasteiger partial charge in [-0.2, -0.15) is 0 Å². The summed E-state index contributed by atoms with van der Waals surface area (Å²) in [4.78, 5) is 2.41. The standard InChI is InChI=1S/C10H23N3O/c11-5-3-10(4-9-14)2-1-7-13(10)8-6-12/h14H,1-9,11-12H2. The lowest BCUT2D eigenvalue weighted by Gasteiger charge is -2.38. The predicted octanol–water partition coefficient (Wildman–Crippen LogP) is -0.489. The molecule has 1 saturated heterocycles. The lowest BCUT2D eigenvalue weighted by Crippen LogP contribution is -2.47. The van der Waals surface area contributed by atoms with E-state index in [4.69, 9.17) is 16.6 Å². The fourth-order valence-corrected chi connectivity index (χ4v) is 2.67. The van der Waals surface area contributed by atoms with Crippen molar-refractivity contribution in [1.29, 1.82) is 0 Å². The third-order valence-electron chi connectivity index (χ3n) is 3.33. The highest BCUT2D eigenvalue weighted by Crippen LogP contribution is 2.34. The molecule has 0 aromatic carbocycles. The van der Waals surface area contributed by atoms with Crippen LogP contribution in [0.25, 0.3) is 0 Å². The normalized spacial score (nSPS) is 28.5. The van der Waals surface area contributed by atoms with Crippen molar-refractivity contribution in [3.63, 3.8) is 0 Å². The van der Waals surface area contributed by atoms with Crippen LogP contribution < -0.4 is 11.5 Å². The van der Waals surface area contributed by atoms with Crippen molar-refractivity contribution in [2.75, 3.05) is 32.8 Å². The minimum absolute atomic E-state index is 0.142. The van der Waals surface area contributed by atoms with E-state index in [2.05, 4.69) is 4.90 Å². The topological polar surface area (TPSA) is 75.5 Å². The molecular formula is C10H23N3O. The summed E-state index contributed by atoms with van der Waals surface area (Å²) in [6.07, 6.45) is 4.18. The molecule has 1 atom stereocenters. The first-order valence-corrected chi connectivity index (χ1v) is 5.55. The molecule has 0 saturated carbocycles. The van der Waals surface area contributed by atoms with E-state index in [-0.39, 0.29) is 12.1 Å². The Balaban J connectivity index is 2.61. The first kappa shape index (κ1) is 11.9. The number of nitrogens with zero attached hydrogens (tertiary/aromatic N) is 1. The van der Waals surface area contributed by atoms with Gasteiger partial charge in [0.25, 0.3) is 0 Å². The smallest absolute Gasteiger partial charge is 0.0448 e. The highest BCUT2D eigenvalue weighted by atomic mass is 16.3. The van der Waals surface area contributed by atoms with E-state index in [9.17, 15) is 0 Å². The molecule has 5 N–H and O–H groups in total. The maximum absolute atomic E-state index is 9.11. The molecule has 1 fully saturated rings. The number of hydrogen-bond acceptors (Lipinski definition) is 4. The zero-order valence-corrected chi connectivity index (χ0v) is 8.91. The zero-order chi connectivity index (χ0) is 10.4. The third-order valence-corrected chi connectivity index (χ3v) is 3.33. The molecule has 0 radical (unpaired) electrons. The van der Waals surface area contributed by atoms with Gasteiger partial charge in [-0.25, -0.2) is 0 Å². The summed E-state index contributed by atoms with van der Waals surface area (Å²) < 4.78 is 0. The van der Waals surface area contributed by atoms with Gasteiger partial charge in [-0.3, -0.25) is 4.90 Å². The Kier molecular flexibility index (Phi) is 4.81. The molecule has 84 valence electrons. The van der Waals surface area contributed by atoms with Crippen molar-refractivity contribution in [2.45, 2.75) is 31.2 Å². The third kappa shape index (κ3) is 2.45. The van der Waals surface area contributed by atoms with Gasteiger partial charge in [-0.1, -0.05) is 0 Å². The summed E-state index contributed by atoms with van der Waals surface area (Å²) in [6.45, 7) is 3.68. The van der Waals surface area contributed by atoms with Gasteiger partial charge < -0.3 is 16.6 Å². The molecule has 1 heterocycles. The molecule has 14 heavy (non-hydrogen) atoms. The van der Waals surface area contributed by atoms with Gasteiger partial charge in [0.15, 0.2) is 0 Å². The van der Waals surface area contributed by atoms with Crippen LogP contribution in [-0.2, 0) is 0 Å². The quantitative estimate of drug-likeness (QED) is 0.542. The van der Waals surface area contributed by atoms with E-state index in [0.717, 1.165) is 32.4 Å². The van der Waals surface area contributed by atoms with Crippen LogP contribution >= 0.6 is 0 Å². The second kappa shape index (κ2) is 5.66. The highest BCUT2D eigenvalue weighted by molar-refractivity contribution is 4.95. The minimum Gasteiger partial charge on any atom is -0.396 e. The van der Waals surface area contributed by atoms with Crippen LogP contribution in [0.5, 0.6) is 0 Å². The maximum Gasteiger partial charge on any atom is 0.0448 e. The van der Waals surface area contributed by atoms with E-state index in [1.165, 1.54) is 6.42 Å². The molecule has 0 spiro atoms. The summed E-state index contributed by atoms with van der Waals surface area (Å²) in [6, 6.07) is 0. The first-order chi connectivity index (χ1) is 6.79. The molecule has 0 bridgehead atoms. The number of rotatable bonds is 6. The molecule has 0 amide bonds. The molecule has 0 aromatic rings. The van der Waals surface area contributed by atoms with Crippen molar-refractivity contribution < 1.29 is 5.11 Å². The number of likely N-dealkylation sites (tertiary alicyclic amines) is 1. The van der Waals surface area contributed by atoms with E-state index < -0.39 is 0 Å². The largest absolute Gasteiger partial charge is 0.396 e. The summed E-state index contributed by atoms with van der Waals surface area (Å²) in [7, 11) is 0. The summed E-state index contributed by atoms with van der Waals surface area (Å²) in [5.41, 5.74) is 11.4. The Labute approximate surface area is 86.3 Å². The Bertz CT molecular complexity index is 157. The molecule has 0 aliphatic carbocycles. The average Bonchev–Trinajstić information content (AvgIpc) is 2.51. The molecule has 1 aliphatic rings. The minimum atomic E-state index is 0.142. The van der Waals surface area contributed by atoms with Crippen molar-refractivity contribution in [2.24, 2.45) is 11.5 Å². The lowest BCUT2D eigenvalue weighted by molar-refractivity contribution is 0.0966. The van der Waals surface area contributed by atoms with E-state index in [1.807, 2.05) is 0 Å². The van der Waals surface area contributed by atoms with Gasteiger partial charge in [-0.15, -0.1) is 0 Å². The van der Waals surface area contributed by atoms with Crippen LogP contribution in [0.1, 0.15) is 25.7 Å². The first-order valence-electron chi connectivity index (χ1n) is 5.55. The van der Waals surface area contributed by atoms with E-state index in [0.29, 0.717) is 13.1 Å². The van der Waals surface area contributed by atoms with Gasteiger partial charge in [-0.05, 0) is 38.8 Å². The summed E-state index contributed by atoms with van der Waals surface area (Å²) in [5.74, 6) is 0. The fraction of sp³-hybridized carbons (Fsp3) is 1.00. The van der Waals surface area contributed by atoms with Gasteiger partial charge in [0, 0.05) is 25.2 Å². The van der Waals surface area contributed by atoms with Crippen molar-refractivity contribution in [3.8, 4) is 0 Å². The molecule has 1 unspecified atom stereocenters. The van der Waals surface area contributed by atoms with Crippen LogP contribution in [0.2, 0.25) is 0 Å². The van der Waals surface area contributed by atoms with Crippen molar-refractivity contribution in [1.82, 2.24) is 4.90 Å². The monoisotopic (exact) mass is 201 g/mol. The molecule has 1 aliphatic heterocycles. The van der Waals surface area contributed by atoms with Gasteiger partial charge in [0.05, 0.1) is 0 Å². The Morgan fingerprint density at radius 3 is 2.57 bits per heavy atom. The molecule has 4 heteroatoms. The average molecular weight is 201 g/mol. The second-order valence-electron chi connectivity index (χ2n) is 4.12. The Morgan fingerprint density at radius 1 is 1.21 bits per heavy atom. The van der Waals surface area contributed by atoms with Crippen LogP contribution in [0.4, 0.5) is 0 Å². The van der Waals surface area contributed by atoms with Gasteiger partial charge >= 0.3 is 0 Å². The molecule has 0 aromatic heterocycles. The Morgan fingerprint density at radius 2 is 2.00 bits per heavy atom. The number of nitrogens with two attached hydrogens (primary N) is 2. The lowest BCUT2D eigenvalue weighted by atomic mass is 9.88. The molecule has 1 rings (SSSR count). The van der Waals surface area contributed by atoms with Crippen LogP contribution in [0, 0.1) is 0 Å². The highest BCUT2D eigenvalue weighted by Gasteiger charge is 2.38. The SMILES string of the molecule is NCCN1CCCC1(CCN)CCO. The summed E-state index contributed by atoms with van der Waals surface area (Å²) in [5, 5.41) is 9.11. The van der Waals surface area contributed by atoms with Crippen molar-refractivity contribution >= 4 is 0 Å². The fourth-order valence-electron chi connectivity index (χ4n) is 2.67. The van der Waals surface area contributed by atoms with E-state index in [1.54, 1.807) is 0 Å². The van der Waals surface area contributed by atoms with Crippen molar-refractivity contribution in [3.05, 3.63) is 0 Å². The van der Waals surface area contributed by atoms with Crippen LogP contribution in [0.3, 0.4) is 0 Å². The number of aliphatic hydroxyl groups is 1. The number of hydrogen-bond donors (Lipinski definition) is 3. The van der Waals surface area contributed by atoms with E-state index >= 15 is 0 Å². The van der Waals surface area contributed by atoms with Crippen LogP contribution in [0.15, 0.2) is 0 Å².